The second-order valence-electron chi connectivity index (χ2n) is 4.92. The van der Waals surface area contributed by atoms with Gasteiger partial charge >= 0.3 is 18.0 Å². The molecule has 0 saturated carbocycles. The van der Waals surface area contributed by atoms with Gasteiger partial charge in [-0.05, 0) is 6.92 Å². The van der Waals surface area contributed by atoms with Crippen molar-refractivity contribution >= 4 is 18.0 Å². The van der Waals surface area contributed by atoms with Crippen molar-refractivity contribution in [2.24, 2.45) is 0 Å². The number of carbonyl (C=O) groups excluding carboxylic acids is 1. The van der Waals surface area contributed by atoms with Gasteiger partial charge in [-0.3, -0.25) is 9.69 Å². The summed E-state index contributed by atoms with van der Waals surface area (Å²) in [5.74, 6) is -2.67. The Bertz CT molecular complexity index is 383. The smallest absolute Gasteiger partial charge is 0.326 e. The number of hydrogen-bond donors (Lipinski definition) is 4. The maximum Gasteiger partial charge on any atom is 0.326 e. The Morgan fingerprint density at radius 1 is 1.19 bits per heavy atom. The molecular weight excluding hydrogens is 282 g/mol. The van der Waals surface area contributed by atoms with Crippen LogP contribution in [0.2, 0.25) is 0 Å². The van der Waals surface area contributed by atoms with Crippen LogP contribution in [0.3, 0.4) is 0 Å². The highest BCUT2D eigenvalue weighted by Crippen LogP contribution is 1.99. The number of nitrogens with zero attached hydrogens (tertiary/aromatic N) is 1. The van der Waals surface area contributed by atoms with Gasteiger partial charge in [-0.1, -0.05) is 0 Å². The van der Waals surface area contributed by atoms with Crippen molar-refractivity contribution in [1.82, 2.24) is 15.5 Å². The van der Waals surface area contributed by atoms with Gasteiger partial charge in [-0.25, -0.2) is 9.59 Å². The van der Waals surface area contributed by atoms with Crippen molar-refractivity contribution in [2.75, 3.05) is 32.8 Å². The monoisotopic (exact) mass is 303 g/mol. The van der Waals surface area contributed by atoms with E-state index in [0.29, 0.717) is 19.8 Å². The molecule has 1 aliphatic heterocycles. The molecule has 2 amide bonds. The number of amides is 2. The molecule has 0 aromatic rings. The summed E-state index contributed by atoms with van der Waals surface area (Å²) in [6.45, 7) is 5.28. The molecule has 2 unspecified atom stereocenters. The summed E-state index contributed by atoms with van der Waals surface area (Å²) >= 11 is 0. The molecule has 1 fully saturated rings. The number of nitrogens with one attached hydrogen (secondary N) is 2. The largest absolute Gasteiger partial charge is 0.481 e. The molecule has 0 aromatic heterocycles. The van der Waals surface area contributed by atoms with Crippen LogP contribution >= 0.6 is 0 Å². The van der Waals surface area contributed by atoms with Crippen LogP contribution in [0.5, 0.6) is 0 Å². The van der Waals surface area contributed by atoms with Crippen LogP contribution in [0.15, 0.2) is 0 Å². The van der Waals surface area contributed by atoms with Gasteiger partial charge in [0.05, 0.1) is 19.6 Å². The number of carboxylic acids is 2. The lowest BCUT2D eigenvalue weighted by Gasteiger charge is -2.29. The third-order valence-electron chi connectivity index (χ3n) is 3.00. The summed E-state index contributed by atoms with van der Waals surface area (Å²) in [5, 5.41) is 22.2. The van der Waals surface area contributed by atoms with E-state index >= 15 is 0 Å². The summed E-state index contributed by atoms with van der Waals surface area (Å²) in [6.07, 6.45) is -0.666. The lowest BCUT2D eigenvalue weighted by Crippen LogP contribution is -2.52. The first-order valence-electron chi connectivity index (χ1n) is 6.70. The second-order valence-corrected chi connectivity index (χ2v) is 4.92. The number of rotatable bonds is 7. The molecule has 0 radical (unpaired) electrons. The molecule has 21 heavy (non-hydrogen) atoms. The SMILES string of the molecule is CC(CN1CCOCC1)NC(=O)NC(CC(=O)O)C(=O)O. The van der Waals surface area contributed by atoms with E-state index in [4.69, 9.17) is 14.9 Å². The van der Waals surface area contributed by atoms with Gasteiger partial charge in [-0.15, -0.1) is 0 Å². The van der Waals surface area contributed by atoms with Crippen LogP contribution in [-0.2, 0) is 14.3 Å². The fourth-order valence-corrected chi connectivity index (χ4v) is 2.02. The topological polar surface area (TPSA) is 128 Å². The fourth-order valence-electron chi connectivity index (χ4n) is 2.02. The van der Waals surface area contributed by atoms with E-state index in [0.717, 1.165) is 13.1 Å². The Kier molecular flexibility index (Phi) is 6.89. The third-order valence-corrected chi connectivity index (χ3v) is 3.00. The van der Waals surface area contributed by atoms with Crippen molar-refractivity contribution in [3.8, 4) is 0 Å². The van der Waals surface area contributed by atoms with E-state index < -0.39 is 30.4 Å². The van der Waals surface area contributed by atoms with E-state index in [1.165, 1.54) is 0 Å². The molecule has 0 aromatic carbocycles. The number of morpholine rings is 1. The van der Waals surface area contributed by atoms with Crippen molar-refractivity contribution in [3.63, 3.8) is 0 Å². The van der Waals surface area contributed by atoms with Crippen LogP contribution in [0.4, 0.5) is 4.79 Å². The Labute approximate surface area is 122 Å². The number of hydrogen-bond acceptors (Lipinski definition) is 5. The molecule has 120 valence electrons. The molecule has 0 spiro atoms. The molecule has 9 heteroatoms. The summed E-state index contributed by atoms with van der Waals surface area (Å²) < 4.78 is 5.22. The fraction of sp³-hybridized carbons (Fsp3) is 0.750. The quantitative estimate of drug-likeness (QED) is 0.471. The minimum absolute atomic E-state index is 0.192. The van der Waals surface area contributed by atoms with Gasteiger partial charge in [-0.2, -0.15) is 0 Å². The van der Waals surface area contributed by atoms with E-state index in [1.807, 2.05) is 0 Å². The van der Waals surface area contributed by atoms with Crippen LogP contribution in [0.1, 0.15) is 13.3 Å². The first kappa shape index (κ1) is 17.2. The maximum absolute atomic E-state index is 11.7. The zero-order valence-electron chi connectivity index (χ0n) is 11.9. The van der Waals surface area contributed by atoms with Crippen molar-refractivity contribution in [3.05, 3.63) is 0 Å². The van der Waals surface area contributed by atoms with Gasteiger partial charge < -0.3 is 25.6 Å². The molecule has 0 aliphatic carbocycles. The van der Waals surface area contributed by atoms with Crippen LogP contribution in [-0.4, -0.2) is 78.0 Å². The zero-order valence-corrected chi connectivity index (χ0v) is 11.9. The van der Waals surface area contributed by atoms with E-state index in [-0.39, 0.29) is 6.04 Å². The van der Waals surface area contributed by atoms with Gasteiger partial charge in [0, 0.05) is 25.7 Å². The minimum Gasteiger partial charge on any atom is -0.481 e. The summed E-state index contributed by atoms with van der Waals surface area (Å²) in [4.78, 5) is 35.2. The molecule has 0 bridgehead atoms. The maximum atomic E-state index is 11.7. The Morgan fingerprint density at radius 3 is 2.33 bits per heavy atom. The zero-order chi connectivity index (χ0) is 15.8. The average Bonchev–Trinajstić information content (AvgIpc) is 2.38. The second kappa shape index (κ2) is 8.42. The molecule has 2 atom stereocenters. The van der Waals surface area contributed by atoms with Gasteiger partial charge in [0.25, 0.3) is 0 Å². The van der Waals surface area contributed by atoms with Gasteiger partial charge in [0.2, 0.25) is 0 Å². The van der Waals surface area contributed by atoms with E-state index in [9.17, 15) is 14.4 Å². The first-order valence-corrected chi connectivity index (χ1v) is 6.70. The minimum atomic E-state index is -1.45. The lowest BCUT2D eigenvalue weighted by atomic mass is 10.2. The van der Waals surface area contributed by atoms with Crippen LogP contribution < -0.4 is 10.6 Å². The summed E-state index contributed by atoms with van der Waals surface area (Å²) in [7, 11) is 0. The summed E-state index contributed by atoms with van der Waals surface area (Å²) in [6, 6.07) is -2.33. The van der Waals surface area contributed by atoms with Crippen molar-refractivity contribution in [1.29, 1.82) is 0 Å². The molecule has 1 aliphatic rings. The number of ether oxygens (including phenoxy) is 1. The summed E-state index contributed by atoms with van der Waals surface area (Å²) in [5.41, 5.74) is 0. The van der Waals surface area contributed by atoms with Gasteiger partial charge in [0.15, 0.2) is 0 Å². The Morgan fingerprint density at radius 2 is 1.81 bits per heavy atom. The highest BCUT2D eigenvalue weighted by atomic mass is 16.5. The molecule has 9 nitrogen and oxygen atoms in total. The van der Waals surface area contributed by atoms with E-state index in [2.05, 4.69) is 15.5 Å². The van der Waals surface area contributed by atoms with Crippen LogP contribution in [0, 0.1) is 0 Å². The lowest BCUT2D eigenvalue weighted by molar-refractivity contribution is -0.145. The average molecular weight is 303 g/mol. The van der Waals surface area contributed by atoms with Crippen LogP contribution in [0.25, 0.3) is 0 Å². The highest BCUT2D eigenvalue weighted by molar-refractivity contribution is 5.86. The number of aliphatic carboxylic acids is 2. The molecule has 4 N–H and O–H groups in total. The molecule has 1 saturated heterocycles. The first-order chi connectivity index (χ1) is 9.88. The highest BCUT2D eigenvalue weighted by Gasteiger charge is 2.24. The predicted molar refractivity (Wildman–Crippen MR) is 72.1 cm³/mol. The normalized spacial score (nSPS) is 18.5. The molecular formula is C12H21N3O6. The van der Waals surface area contributed by atoms with Gasteiger partial charge in [0.1, 0.15) is 6.04 Å². The predicted octanol–water partition coefficient (Wildman–Crippen LogP) is -1.07. The third kappa shape index (κ3) is 6.91. The Balaban J connectivity index is 2.36. The standard InChI is InChI=1S/C12H21N3O6/c1-8(7-15-2-4-21-5-3-15)13-12(20)14-9(11(18)19)6-10(16)17/h8-9H,2-7H2,1H3,(H,16,17)(H,18,19)(H2,13,14,20). The number of carboxylic acid groups (broad SMARTS) is 2. The molecule has 1 rings (SSSR count). The number of carbonyl (C=O) groups is 3. The van der Waals surface area contributed by atoms with Crippen molar-refractivity contribution in [2.45, 2.75) is 25.4 Å². The number of urea groups is 1. The van der Waals surface area contributed by atoms with E-state index in [1.54, 1.807) is 6.92 Å². The van der Waals surface area contributed by atoms with Crippen molar-refractivity contribution < 1.29 is 29.3 Å². The Hall–Kier alpha value is -1.87. The molecule has 1 heterocycles.